The van der Waals surface area contributed by atoms with E-state index in [1.165, 1.54) is 76.3 Å². The molecule has 0 atom stereocenters. The minimum Gasteiger partial charge on any atom is -0.272 e. The maximum absolute atomic E-state index is 11.0. The van der Waals surface area contributed by atoms with E-state index in [1.807, 2.05) is 0 Å². The number of hydrogen-bond donors (Lipinski definition) is 1. The summed E-state index contributed by atoms with van der Waals surface area (Å²) in [4.78, 5) is 20.5. The molecule has 1 rings (SSSR count). The molecule has 0 aliphatic carbocycles. The van der Waals surface area contributed by atoms with Gasteiger partial charge in [-0.2, -0.15) is 5.10 Å². The van der Waals surface area contributed by atoms with Crippen molar-refractivity contribution in [3.8, 4) is 0 Å². The van der Waals surface area contributed by atoms with Crippen molar-refractivity contribution in [3.63, 3.8) is 0 Å². The third-order valence-electron chi connectivity index (χ3n) is 4.85. The molecule has 8 heteroatoms. The molecule has 1 aromatic rings. The smallest absolute Gasteiger partial charge is 0.272 e. The molecule has 0 saturated heterocycles. The van der Waals surface area contributed by atoms with Gasteiger partial charge in [-0.1, -0.05) is 77.6 Å². The summed E-state index contributed by atoms with van der Waals surface area (Å²) >= 11 is 0. The highest BCUT2D eigenvalue weighted by Crippen LogP contribution is 2.28. The summed E-state index contributed by atoms with van der Waals surface area (Å²) in [5, 5.41) is 25.8. The molecule has 0 aromatic heterocycles. The summed E-state index contributed by atoms with van der Waals surface area (Å²) in [7, 11) is 0. The fourth-order valence-electron chi connectivity index (χ4n) is 3.14. The summed E-state index contributed by atoms with van der Waals surface area (Å²) in [6, 6.07) is 3.45. The van der Waals surface area contributed by atoms with Crippen LogP contribution in [0.15, 0.2) is 23.3 Å². The summed E-state index contributed by atoms with van der Waals surface area (Å²) < 4.78 is 0. The number of benzene rings is 1. The van der Waals surface area contributed by atoms with E-state index >= 15 is 0 Å². The van der Waals surface area contributed by atoms with Crippen LogP contribution in [-0.4, -0.2) is 16.1 Å². The Balaban J connectivity index is 2.11. The highest BCUT2D eigenvalue weighted by molar-refractivity contribution is 5.67. The molecule has 162 valence electrons. The van der Waals surface area contributed by atoms with E-state index < -0.39 is 9.85 Å². The zero-order chi connectivity index (χ0) is 21.3. The van der Waals surface area contributed by atoms with Gasteiger partial charge in [0, 0.05) is 12.3 Å². The van der Waals surface area contributed by atoms with Gasteiger partial charge in [0.2, 0.25) is 0 Å². The Morgan fingerprint density at radius 2 is 1.41 bits per heavy atom. The van der Waals surface area contributed by atoms with E-state index in [0.29, 0.717) is 0 Å². The molecule has 0 saturated carbocycles. The third kappa shape index (κ3) is 11.2. The standard InChI is InChI=1S/C21H34N4O4/c1-2-3-4-5-6-7-8-9-10-11-12-13-14-17-22-23-20-16-15-19(24(26)27)18-21(20)25(28)29/h15-18,23H,2-14H2,1H3. The summed E-state index contributed by atoms with van der Waals surface area (Å²) in [6.07, 6.45) is 18.0. The van der Waals surface area contributed by atoms with Crippen LogP contribution in [0.5, 0.6) is 0 Å². The second-order valence-corrected chi connectivity index (χ2v) is 7.32. The van der Waals surface area contributed by atoms with Gasteiger partial charge in [-0.15, -0.1) is 0 Å². The second-order valence-electron chi connectivity index (χ2n) is 7.32. The monoisotopic (exact) mass is 406 g/mol. The molecular weight excluding hydrogens is 372 g/mol. The van der Waals surface area contributed by atoms with Crippen LogP contribution in [0.4, 0.5) is 17.1 Å². The predicted molar refractivity (Wildman–Crippen MR) is 118 cm³/mol. The molecule has 0 amide bonds. The Morgan fingerprint density at radius 1 is 0.862 bits per heavy atom. The number of nitro benzene ring substituents is 2. The molecule has 0 aliphatic rings. The molecule has 0 aliphatic heterocycles. The van der Waals surface area contributed by atoms with Crippen molar-refractivity contribution in [2.24, 2.45) is 5.10 Å². The van der Waals surface area contributed by atoms with Crippen LogP contribution in [0.1, 0.15) is 90.4 Å². The Bertz CT molecular complexity index is 650. The average molecular weight is 407 g/mol. The molecule has 8 nitrogen and oxygen atoms in total. The van der Waals surface area contributed by atoms with Gasteiger partial charge in [0.15, 0.2) is 0 Å². The first-order chi connectivity index (χ1) is 14.1. The zero-order valence-electron chi connectivity index (χ0n) is 17.5. The molecule has 1 N–H and O–H groups in total. The Morgan fingerprint density at radius 3 is 1.93 bits per heavy atom. The SMILES string of the molecule is CCCCCCCCCCCCCCC=NNc1ccc([N+](=O)[O-])cc1[N+](=O)[O-]. The van der Waals surface area contributed by atoms with E-state index in [9.17, 15) is 20.2 Å². The van der Waals surface area contributed by atoms with Gasteiger partial charge >= 0.3 is 5.69 Å². The molecule has 29 heavy (non-hydrogen) atoms. The maximum Gasteiger partial charge on any atom is 0.301 e. The van der Waals surface area contributed by atoms with Crippen LogP contribution in [0.2, 0.25) is 0 Å². The zero-order valence-corrected chi connectivity index (χ0v) is 17.5. The Kier molecular flexibility index (Phi) is 13.0. The molecule has 0 radical (unpaired) electrons. The lowest BCUT2D eigenvalue weighted by atomic mass is 10.0. The Hall–Kier alpha value is -2.51. The first kappa shape index (κ1) is 24.5. The van der Waals surface area contributed by atoms with Crippen molar-refractivity contribution in [1.29, 1.82) is 0 Å². The fraction of sp³-hybridized carbons (Fsp3) is 0.667. The quantitative estimate of drug-likeness (QED) is 0.130. The molecule has 1 aromatic carbocycles. The number of anilines is 1. The molecule has 0 bridgehead atoms. The van der Waals surface area contributed by atoms with Crippen molar-refractivity contribution in [2.75, 3.05) is 5.43 Å². The van der Waals surface area contributed by atoms with Gasteiger partial charge in [0.1, 0.15) is 5.69 Å². The van der Waals surface area contributed by atoms with Gasteiger partial charge in [-0.3, -0.25) is 25.7 Å². The molecule has 0 unspecified atom stereocenters. The van der Waals surface area contributed by atoms with Crippen LogP contribution >= 0.6 is 0 Å². The third-order valence-corrected chi connectivity index (χ3v) is 4.85. The van der Waals surface area contributed by atoms with Gasteiger partial charge in [-0.25, -0.2) is 0 Å². The normalized spacial score (nSPS) is 11.1. The minimum atomic E-state index is -0.659. The topological polar surface area (TPSA) is 111 Å². The lowest BCUT2D eigenvalue weighted by molar-refractivity contribution is -0.393. The highest BCUT2D eigenvalue weighted by Gasteiger charge is 2.18. The van der Waals surface area contributed by atoms with Gasteiger partial charge in [0.25, 0.3) is 5.69 Å². The van der Waals surface area contributed by atoms with Gasteiger partial charge in [-0.05, 0) is 18.9 Å². The number of hydrazone groups is 1. The van der Waals surface area contributed by atoms with E-state index in [4.69, 9.17) is 0 Å². The number of unbranched alkanes of at least 4 members (excludes halogenated alkanes) is 12. The maximum atomic E-state index is 11.0. The highest BCUT2D eigenvalue weighted by atomic mass is 16.6. The van der Waals surface area contributed by atoms with Crippen LogP contribution in [-0.2, 0) is 0 Å². The molecular formula is C21H34N4O4. The van der Waals surface area contributed by atoms with E-state index in [-0.39, 0.29) is 17.1 Å². The largest absolute Gasteiger partial charge is 0.301 e. The van der Waals surface area contributed by atoms with E-state index in [2.05, 4.69) is 17.5 Å². The number of nitrogens with zero attached hydrogens (tertiary/aromatic N) is 3. The number of nitro groups is 2. The lowest BCUT2D eigenvalue weighted by Gasteiger charge is -2.03. The fourth-order valence-corrected chi connectivity index (χ4v) is 3.14. The average Bonchev–Trinajstić information content (AvgIpc) is 2.70. The first-order valence-electron chi connectivity index (χ1n) is 10.8. The summed E-state index contributed by atoms with van der Waals surface area (Å²) in [5.41, 5.74) is 2.08. The van der Waals surface area contributed by atoms with Crippen LogP contribution < -0.4 is 5.43 Å². The van der Waals surface area contributed by atoms with Gasteiger partial charge < -0.3 is 0 Å². The number of rotatable bonds is 17. The Labute approximate surface area is 173 Å². The summed E-state index contributed by atoms with van der Waals surface area (Å²) in [6.45, 7) is 2.24. The predicted octanol–water partition coefficient (Wildman–Crippen LogP) is 6.99. The second kappa shape index (κ2) is 15.4. The number of nitrogens with one attached hydrogen (secondary N) is 1. The van der Waals surface area contributed by atoms with Crippen LogP contribution in [0.3, 0.4) is 0 Å². The van der Waals surface area contributed by atoms with Crippen molar-refractivity contribution in [3.05, 3.63) is 38.4 Å². The van der Waals surface area contributed by atoms with Gasteiger partial charge in [0.05, 0.1) is 15.9 Å². The molecule has 0 fully saturated rings. The number of non-ortho nitro benzene ring substituents is 1. The minimum absolute atomic E-state index is 0.145. The molecule has 0 spiro atoms. The van der Waals surface area contributed by atoms with Crippen molar-refractivity contribution >= 4 is 23.3 Å². The first-order valence-corrected chi connectivity index (χ1v) is 10.8. The van der Waals surface area contributed by atoms with Crippen LogP contribution in [0.25, 0.3) is 0 Å². The lowest BCUT2D eigenvalue weighted by Crippen LogP contribution is -1.98. The number of hydrogen-bond acceptors (Lipinski definition) is 6. The molecule has 0 heterocycles. The van der Waals surface area contributed by atoms with E-state index in [1.54, 1.807) is 6.21 Å². The van der Waals surface area contributed by atoms with Crippen LogP contribution in [0, 0.1) is 20.2 Å². The van der Waals surface area contributed by atoms with Crippen molar-refractivity contribution in [2.45, 2.75) is 90.4 Å². The van der Waals surface area contributed by atoms with Crippen molar-refractivity contribution in [1.82, 2.24) is 0 Å². The van der Waals surface area contributed by atoms with Crippen molar-refractivity contribution < 1.29 is 9.85 Å². The summed E-state index contributed by atoms with van der Waals surface area (Å²) in [5.74, 6) is 0. The van der Waals surface area contributed by atoms with E-state index in [0.717, 1.165) is 25.3 Å².